The number of aryl methyl sites for hydroxylation is 2. The lowest BCUT2D eigenvalue weighted by Gasteiger charge is -2.07. The first-order valence-corrected chi connectivity index (χ1v) is 7.90. The minimum atomic E-state index is -0.280. The average Bonchev–Trinajstić information content (AvgIpc) is 2.89. The molecule has 3 rings (SSSR count). The summed E-state index contributed by atoms with van der Waals surface area (Å²) in [6.07, 6.45) is 0. The van der Waals surface area contributed by atoms with Crippen LogP contribution >= 0.6 is 11.6 Å². The van der Waals surface area contributed by atoms with Crippen LogP contribution in [0.15, 0.2) is 42.5 Å². The topological polar surface area (TPSA) is 59.8 Å². The van der Waals surface area contributed by atoms with Gasteiger partial charge in [-0.05, 0) is 68.3 Å². The van der Waals surface area contributed by atoms with Crippen LogP contribution in [-0.2, 0) is 0 Å². The number of nitrogens with zero attached hydrogens (tertiary/aromatic N) is 3. The van der Waals surface area contributed by atoms with E-state index in [9.17, 15) is 4.79 Å². The molecule has 6 heteroatoms. The van der Waals surface area contributed by atoms with Gasteiger partial charge in [-0.2, -0.15) is 0 Å². The average molecular weight is 341 g/mol. The molecule has 1 heterocycles. The van der Waals surface area contributed by atoms with Crippen LogP contribution in [0, 0.1) is 20.8 Å². The Balaban J connectivity index is 1.87. The molecule has 24 heavy (non-hydrogen) atoms. The minimum Gasteiger partial charge on any atom is -0.321 e. The van der Waals surface area contributed by atoms with Crippen molar-refractivity contribution in [2.45, 2.75) is 20.8 Å². The summed E-state index contributed by atoms with van der Waals surface area (Å²) in [6, 6.07) is 13.1. The summed E-state index contributed by atoms with van der Waals surface area (Å²) in [7, 11) is 0. The third-order valence-corrected chi connectivity index (χ3v) is 3.91. The number of amides is 1. The SMILES string of the molecule is Cc1cc(C)cc(NC(=O)c2nnn(-c3ccc(Cl)cc3)c2C)c1. The van der Waals surface area contributed by atoms with E-state index < -0.39 is 0 Å². The van der Waals surface area contributed by atoms with Crippen LogP contribution in [0.3, 0.4) is 0 Å². The number of halogens is 1. The van der Waals surface area contributed by atoms with Crippen LogP contribution in [-0.4, -0.2) is 20.9 Å². The van der Waals surface area contributed by atoms with Gasteiger partial charge < -0.3 is 5.32 Å². The van der Waals surface area contributed by atoms with Crippen molar-refractivity contribution in [1.82, 2.24) is 15.0 Å². The van der Waals surface area contributed by atoms with Crippen LogP contribution < -0.4 is 5.32 Å². The first kappa shape index (κ1) is 16.2. The van der Waals surface area contributed by atoms with Gasteiger partial charge in [-0.15, -0.1) is 5.10 Å². The second kappa shape index (κ2) is 6.45. The number of carbonyl (C=O) groups excluding carboxylic acids is 1. The molecule has 0 bridgehead atoms. The fourth-order valence-corrected chi connectivity index (χ4v) is 2.73. The fraction of sp³-hybridized carbons (Fsp3) is 0.167. The summed E-state index contributed by atoms with van der Waals surface area (Å²) in [5.41, 5.74) is 4.69. The van der Waals surface area contributed by atoms with Gasteiger partial charge in [0.1, 0.15) is 0 Å². The number of benzene rings is 2. The zero-order valence-electron chi connectivity index (χ0n) is 13.7. The monoisotopic (exact) mass is 340 g/mol. The number of hydrogen-bond acceptors (Lipinski definition) is 3. The first-order chi connectivity index (χ1) is 11.4. The number of anilines is 1. The summed E-state index contributed by atoms with van der Waals surface area (Å²) >= 11 is 5.90. The zero-order chi connectivity index (χ0) is 17.3. The molecule has 0 saturated carbocycles. The highest BCUT2D eigenvalue weighted by atomic mass is 35.5. The lowest BCUT2D eigenvalue weighted by atomic mass is 10.1. The van der Waals surface area contributed by atoms with E-state index in [-0.39, 0.29) is 5.91 Å². The van der Waals surface area contributed by atoms with Gasteiger partial charge >= 0.3 is 0 Å². The number of hydrogen-bond donors (Lipinski definition) is 1. The van der Waals surface area contributed by atoms with Crippen LogP contribution in [0.5, 0.6) is 0 Å². The minimum absolute atomic E-state index is 0.280. The van der Waals surface area contributed by atoms with Crippen LogP contribution in [0.25, 0.3) is 5.69 Å². The van der Waals surface area contributed by atoms with Gasteiger partial charge in [-0.25, -0.2) is 4.68 Å². The molecule has 0 atom stereocenters. The van der Waals surface area contributed by atoms with E-state index in [0.717, 1.165) is 22.5 Å². The molecule has 1 aromatic heterocycles. The predicted molar refractivity (Wildman–Crippen MR) is 95.0 cm³/mol. The molecule has 122 valence electrons. The molecule has 0 spiro atoms. The van der Waals surface area contributed by atoms with Crippen LogP contribution in [0.1, 0.15) is 27.3 Å². The predicted octanol–water partition coefficient (Wildman–Crippen LogP) is 4.10. The first-order valence-electron chi connectivity index (χ1n) is 7.52. The van der Waals surface area contributed by atoms with Gasteiger partial charge in [0.05, 0.1) is 11.4 Å². The maximum absolute atomic E-state index is 12.5. The number of aromatic nitrogens is 3. The van der Waals surface area contributed by atoms with Crippen LogP contribution in [0.2, 0.25) is 5.02 Å². The number of nitrogens with one attached hydrogen (secondary N) is 1. The fourth-order valence-electron chi connectivity index (χ4n) is 2.60. The van der Waals surface area contributed by atoms with E-state index in [4.69, 9.17) is 11.6 Å². The second-order valence-electron chi connectivity index (χ2n) is 5.74. The third kappa shape index (κ3) is 3.31. The van der Waals surface area contributed by atoms with Gasteiger partial charge in [0.25, 0.3) is 5.91 Å². The summed E-state index contributed by atoms with van der Waals surface area (Å²) in [4.78, 5) is 12.5. The second-order valence-corrected chi connectivity index (χ2v) is 6.18. The molecule has 0 radical (unpaired) electrons. The Morgan fingerprint density at radius 1 is 1.04 bits per heavy atom. The van der Waals surface area contributed by atoms with Crippen molar-refractivity contribution in [3.8, 4) is 5.69 Å². The molecular weight excluding hydrogens is 324 g/mol. The Morgan fingerprint density at radius 3 is 2.29 bits per heavy atom. The van der Waals surface area contributed by atoms with Crippen molar-refractivity contribution in [2.75, 3.05) is 5.32 Å². The smallest absolute Gasteiger partial charge is 0.278 e. The summed E-state index contributed by atoms with van der Waals surface area (Å²) in [5.74, 6) is -0.280. The molecule has 5 nitrogen and oxygen atoms in total. The van der Waals surface area contributed by atoms with E-state index in [1.165, 1.54) is 0 Å². The Morgan fingerprint density at radius 2 is 1.67 bits per heavy atom. The van der Waals surface area contributed by atoms with Gasteiger partial charge in [-0.3, -0.25) is 4.79 Å². The van der Waals surface area contributed by atoms with Crippen LogP contribution in [0.4, 0.5) is 5.69 Å². The quantitative estimate of drug-likeness (QED) is 0.781. The largest absolute Gasteiger partial charge is 0.321 e. The summed E-state index contributed by atoms with van der Waals surface area (Å²) in [5, 5.41) is 11.6. The Hall–Kier alpha value is -2.66. The summed E-state index contributed by atoms with van der Waals surface area (Å²) < 4.78 is 1.62. The van der Waals surface area contributed by atoms with Crippen molar-refractivity contribution in [3.63, 3.8) is 0 Å². The molecule has 0 aliphatic carbocycles. The summed E-state index contributed by atoms with van der Waals surface area (Å²) in [6.45, 7) is 5.79. The van der Waals surface area contributed by atoms with E-state index in [1.54, 1.807) is 16.8 Å². The van der Waals surface area contributed by atoms with E-state index >= 15 is 0 Å². The molecule has 0 aliphatic rings. The van der Waals surface area contributed by atoms with Crippen molar-refractivity contribution in [2.24, 2.45) is 0 Å². The van der Waals surface area contributed by atoms with Crippen molar-refractivity contribution < 1.29 is 4.79 Å². The molecular formula is C18H17ClN4O. The molecule has 1 N–H and O–H groups in total. The molecule has 1 amide bonds. The normalized spacial score (nSPS) is 10.7. The van der Waals surface area contributed by atoms with E-state index in [1.807, 2.05) is 45.0 Å². The molecule has 0 unspecified atom stereocenters. The van der Waals surface area contributed by atoms with Gasteiger partial charge in [0, 0.05) is 10.7 Å². The Bertz CT molecular complexity index is 880. The van der Waals surface area contributed by atoms with Gasteiger partial charge in [0.2, 0.25) is 0 Å². The molecule has 0 fully saturated rings. The third-order valence-electron chi connectivity index (χ3n) is 3.66. The van der Waals surface area contributed by atoms with E-state index in [2.05, 4.69) is 21.7 Å². The highest BCUT2D eigenvalue weighted by Gasteiger charge is 2.17. The molecule has 0 saturated heterocycles. The number of rotatable bonds is 3. The molecule has 0 aliphatic heterocycles. The van der Waals surface area contributed by atoms with Gasteiger partial charge in [0.15, 0.2) is 5.69 Å². The van der Waals surface area contributed by atoms with Crippen molar-refractivity contribution in [3.05, 3.63) is 70.0 Å². The number of carbonyl (C=O) groups is 1. The molecule has 3 aromatic rings. The maximum atomic E-state index is 12.5. The van der Waals surface area contributed by atoms with E-state index in [0.29, 0.717) is 16.4 Å². The standard InChI is InChI=1S/C18H17ClN4O/c1-11-8-12(2)10-15(9-11)20-18(24)17-13(3)23(22-21-17)16-6-4-14(19)5-7-16/h4-10H,1-3H3,(H,20,24). The lowest BCUT2D eigenvalue weighted by Crippen LogP contribution is -2.14. The van der Waals surface area contributed by atoms with Crippen molar-refractivity contribution >= 4 is 23.2 Å². The zero-order valence-corrected chi connectivity index (χ0v) is 14.4. The van der Waals surface area contributed by atoms with Crippen molar-refractivity contribution in [1.29, 1.82) is 0 Å². The van der Waals surface area contributed by atoms with Gasteiger partial charge in [-0.1, -0.05) is 22.9 Å². The molecule has 2 aromatic carbocycles. The highest BCUT2D eigenvalue weighted by Crippen LogP contribution is 2.18. The Labute approximate surface area is 145 Å². The lowest BCUT2D eigenvalue weighted by molar-refractivity contribution is 0.102. The maximum Gasteiger partial charge on any atom is 0.278 e. The highest BCUT2D eigenvalue weighted by molar-refractivity contribution is 6.30. The Kier molecular flexibility index (Phi) is 4.36.